The molecular weight excluding hydrogens is 458 g/mol. The van der Waals surface area contributed by atoms with Crippen LogP contribution in [0.15, 0.2) is 99.8 Å². The lowest BCUT2D eigenvalue weighted by Crippen LogP contribution is -2.37. The van der Waals surface area contributed by atoms with Gasteiger partial charge in [0, 0.05) is 16.7 Å². The van der Waals surface area contributed by atoms with Crippen molar-refractivity contribution in [3.63, 3.8) is 0 Å². The summed E-state index contributed by atoms with van der Waals surface area (Å²) in [5.41, 5.74) is 5.71. The predicted octanol–water partition coefficient (Wildman–Crippen LogP) is 8.33. The van der Waals surface area contributed by atoms with Gasteiger partial charge in [0.25, 0.3) is 0 Å². The second-order valence-corrected chi connectivity index (χ2v) is 9.46. The van der Waals surface area contributed by atoms with Gasteiger partial charge in [-0.25, -0.2) is 9.97 Å². The molecule has 0 aliphatic rings. The van der Waals surface area contributed by atoms with Crippen LogP contribution < -0.4 is 0 Å². The SMILES string of the molecule is CC[C](c1cccc2oc3ccccc3c12)C(CC)(c1nc2ccccc2[nH]1)c1nc2ccccc2o1. The Morgan fingerprint density at radius 3 is 2.24 bits per heavy atom. The van der Waals surface area contributed by atoms with Crippen molar-refractivity contribution in [2.45, 2.75) is 32.1 Å². The first-order valence-electron chi connectivity index (χ1n) is 12.8. The summed E-state index contributed by atoms with van der Waals surface area (Å²) in [7, 11) is 0. The number of aromatic nitrogens is 3. The molecule has 1 N–H and O–H groups in total. The van der Waals surface area contributed by atoms with Crippen LogP contribution in [-0.2, 0) is 5.41 Å². The van der Waals surface area contributed by atoms with Gasteiger partial charge in [0.1, 0.15) is 27.9 Å². The van der Waals surface area contributed by atoms with Crippen molar-refractivity contribution in [3.05, 3.63) is 114 Å². The summed E-state index contributed by atoms with van der Waals surface area (Å²) >= 11 is 0. The maximum absolute atomic E-state index is 6.54. The molecular formula is C32H26N3O2. The second kappa shape index (κ2) is 8.34. The summed E-state index contributed by atoms with van der Waals surface area (Å²) in [6.45, 7) is 4.39. The Morgan fingerprint density at radius 1 is 0.730 bits per heavy atom. The minimum absolute atomic E-state index is 0.650. The highest BCUT2D eigenvalue weighted by molar-refractivity contribution is 6.07. The molecule has 7 rings (SSSR count). The Balaban J connectivity index is 1.57. The molecule has 1 unspecified atom stereocenters. The number of rotatable bonds is 6. The van der Waals surface area contributed by atoms with Gasteiger partial charge in [-0.15, -0.1) is 0 Å². The van der Waals surface area contributed by atoms with Crippen LogP contribution in [0.2, 0.25) is 0 Å². The van der Waals surface area contributed by atoms with E-state index in [1.165, 1.54) is 5.92 Å². The Hall–Kier alpha value is -4.38. The number of para-hydroxylation sites is 5. The van der Waals surface area contributed by atoms with Crippen LogP contribution in [0.1, 0.15) is 44.0 Å². The van der Waals surface area contributed by atoms with Gasteiger partial charge in [0.05, 0.1) is 11.0 Å². The summed E-state index contributed by atoms with van der Waals surface area (Å²) in [5.74, 6) is 2.68. The fourth-order valence-corrected chi connectivity index (χ4v) is 5.86. The zero-order valence-corrected chi connectivity index (χ0v) is 20.8. The van der Waals surface area contributed by atoms with E-state index in [0.717, 1.165) is 68.3 Å². The minimum Gasteiger partial charge on any atom is -0.456 e. The molecule has 0 amide bonds. The molecule has 1 atom stereocenters. The number of hydrogen-bond donors (Lipinski definition) is 1. The Kier molecular flexibility index (Phi) is 4.93. The number of fused-ring (bicyclic) bond motifs is 5. The van der Waals surface area contributed by atoms with Crippen LogP contribution in [0.25, 0.3) is 44.1 Å². The molecule has 37 heavy (non-hydrogen) atoms. The van der Waals surface area contributed by atoms with Crippen molar-refractivity contribution in [2.75, 3.05) is 0 Å². The van der Waals surface area contributed by atoms with Crippen LogP contribution in [0.4, 0.5) is 0 Å². The van der Waals surface area contributed by atoms with Crippen molar-refractivity contribution in [2.24, 2.45) is 0 Å². The second-order valence-electron chi connectivity index (χ2n) is 9.46. The normalized spacial score (nSPS) is 13.8. The van der Waals surface area contributed by atoms with Crippen molar-refractivity contribution in [1.82, 2.24) is 15.0 Å². The first-order valence-corrected chi connectivity index (χ1v) is 12.8. The highest BCUT2D eigenvalue weighted by Gasteiger charge is 2.48. The quantitative estimate of drug-likeness (QED) is 0.258. The molecule has 181 valence electrons. The molecule has 5 heteroatoms. The van der Waals surface area contributed by atoms with E-state index in [0.29, 0.717) is 5.89 Å². The first-order chi connectivity index (χ1) is 18.2. The van der Waals surface area contributed by atoms with Crippen molar-refractivity contribution in [1.29, 1.82) is 0 Å². The summed E-state index contributed by atoms with van der Waals surface area (Å²) in [6.07, 6.45) is 1.50. The van der Waals surface area contributed by atoms with Crippen molar-refractivity contribution < 1.29 is 8.83 Å². The van der Waals surface area contributed by atoms with Crippen molar-refractivity contribution in [3.8, 4) is 0 Å². The largest absolute Gasteiger partial charge is 0.456 e. The van der Waals surface area contributed by atoms with Gasteiger partial charge in [-0.3, -0.25) is 0 Å². The monoisotopic (exact) mass is 484 g/mol. The van der Waals surface area contributed by atoms with Gasteiger partial charge < -0.3 is 13.8 Å². The molecule has 3 heterocycles. The molecule has 0 saturated heterocycles. The molecule has 4 aromatic carbocycles. The maximum atomic E-state index is 6.54. The smallest absolute Gasteiger partial charge is 0.210 e. The van der Waals surface area contributed by atoms with Crippen LogP contribution >= 0.6 is 0 Å². The van der Waals surface area contributed by atoms with E-state index in [-0.39, 0.29) is 0 Å². The first kappa shape index (κ1) is 21.9. The van der Waals surface area contributed by atoms with E-state index in [1.807, 2.05) is 60.7 Å². The highest BCUT2D eigenvalue weighted by Crippen LogP contribution is 2.50. The van der Waals surface area contributed by atoms with Gasteiger partial charge in [-0.2, -0.15) is 0 Å². The topological polar surface area (TPSA) is 67.8 Å². The average molecular weight is 485 g/mol. The van der Waals surface area contributed by atoms with Crippen molar-refractivity contribution >= 4 is 44.1 Å². The number of imidazole rings is 1. The lowest BCUT2D eigenvalue weighted by Gasteiger charge is -2.35. The molecule has 0 aliphatic heterocycles. The summed E-state index contributed by atoms with van der Waals surface area (Å²) < 4.78 is 12.8. The fraction of sp³-hybridized carbons (Fsp3) is 0.156. The Bertz CT molecular complexity index is 1750. The van der Waals surface area contributed by atoms with E-state index in [4.69, 9.17) is 18.8 Å². The number of benzene rings is 4. The summed E-state index contributed by atoms with van der Waals surface area (Å²) in [5, 5.41) is 2.21. The Labute approximate surface area is 214 Å². The zero-order chi connectivity index (χ0) is 25.0. The van der Waals surface area contributed by atoms with Crippen LogP contribution in [0.5, 0.6) is 0 Å². The molecule has 3 aromatic heterocycles. The van der Waals surface area contributed by atoms with Gasteiger partial charge in [-0.1, -0.05) is 68.4 Å². The molecule has 7 aromatic rings. The van der Waals surface area contributed by atoms with Crippen LogP contribution in [0.3, 0.4) is 0 Å². The highest BCUT2D eigenvalue weighted by atomic mass is 16.4. The summed E-state index contributed by atoms with van der Waals surface area (Å²) in [6, 6.07) is 30.6. The van der Waals surface area contributed by atoms with Crippen LogP contribution in [0, 0.1) is 5.92 Å². The molecule has 0 aliphatic carbocycles. The minimum atomic E-state index is -0.709. The zero-order valence-electron chi connectivity index (χ0n) is 20.8. The summed E-state index contributed by atoms with van der Waals surface area (Å²) in [4.78, 5) is 13.8. The third-order valence-corrected chi connectivity index (χ3v) is 7.58. The third kappa shape index (κ3) is 3.17. The standard InChI is InChI=1S/C32H26N3O2/c1-3-22(20-13-11-19-28-29(20)21-12-5-9-17-26(21)36-28)32(4-2,30-33-23-14-6-7-15-24(23)34-30)31-35-25-16-8-10-18-27(25)37-31/h5-19H,3-4H2,1-2H3,(H,33,34). The van der Waals surface area contributed by atoms with Gasteiger partial charge in [0.2, 0.25) is 5.89 Å². The Morgan fingerprint density at radius 2 is 1.46 bits per heavy atom. The lowest BCUT2D eigenvalue weighted by atomic mass is 9.67. The molecule has 0 spiro atoms. The van der Waals surface area contributed by atoms with Gasteiger partial charge >= 0.3 is 0 Å². The molecule has 0 saturated carbocycles. The van der Waals surface area contributed by atoms with E-state index in [1.54, 1.807) is 0 Å². The lowest BCUT2D eigenvalue weighted by molar-refractivity contribution is 0.370. The molecule has 5 nitrogen and oxygen atoms in total. The van der Waals surface area contributed by atoms with E-state index >= 15 is 0 Å². The molecule has 0 bridgehead atoms. The predicted molar refractivity (Wildman–Crippen MR) is 148 cm³/mol. The van der Waals surface area contributed by atoms with Crippen LogP contribution in [-0.4, -0.2) is 15.0 Å². The molecule has 1 radical (unpaired) electrons. The van der Waals surface area contributed by atoms with Gasteiger partial charge in [0.15, 0.2) is 5.58 Å². The number of furan rings is 1. The molecule has 0 fully saturated rings. The number of H-pyrrole nitrogens is 1. The van der Waals surface area contributed by atoms with Gasteiger partial charge in [-0.05, 0) is 54.8 Å². The number of nitrogens with one attached hydrogen (secondary N) is 1. The van der Waals surface area contributed by atoms with E-state index < -0.39 is 5.41 Å². The fourth-order valence-electron chi connectivity index (χ4n) is 5.86. The number of oxazole rings is 1. The van der Waals surface area contributed by atoms with E-state index in [9.17, 15) is 0 Å². The number of aromatic amines is 1. The number of hydrogen-bond acceptors (Lipinski definition) is 4. The maximum Gasteiger partial charge on any atom is 0.210 e. The third-order valence-electron chi connectivity index (χ3n) is 7.58. The average Bonchev–Trinajstić information content (AvgIpc) is 3.66. The number of nitrogens with zero attached hydrogens (tertiary/aromatic N) is 2. The van der Waals surface area contributed by atoms with E-state index in [2.05, 4.69) is 49.2 Å².